The van der Waals surface area contributed by atoms with Crippen molar-refractivity contribution < 1.29 is 9.47 Å². The van der Waals surface area contributed by atoms with Gasteiger partial charge in [-0.05, 0) is 19.0 Å². The molecule has 1 heterocycles. The molecule has 3 heteroatoms. The molecule has 3 nitrogen and oxygen atoms in total. The monoisotopic (exact) mass is 207 g/mol. The smallest absolute Gasteiger partial charge is 0.122 e. The van der Waals surface area contributed by atoms with Crippen LogP contribution in [0.5, 0.6) is 5.75 Å². The second-order valence-corrected chi connectivity index (χ2v) is 4.01. The normalized spacial score (nSPS) is 18.3. The van der Waals surface area contributed by atoms with Gasteiger partial charge in [0.1, 0.15) is 5.75 Å². The van der Waals surface area contributed by atoms with Crippen molar-refractivity contribution in [2.75, 3.05) is 26.9 Å². The molecule has 0 bridgehead atoms. The number of benzene rings is 1. The third-order valence-corrected chi connectivity index (χ3v) is 3.06. The zero-order valence-electron chi connectivity index (χ0n) is 9.03. The van der Waals surface area contributed by atoms with E-state index in [4.69, 9.17) is 15.2 Å². The van der Waals surface area contributed by atoms with Gasteiger partial charge in [-0.25, -0.2) is 0 Å². The Labute approximate surface area is 90.2 Å². The number of hydrogen-bond donors (Lipinski definition) is 1. The predicted molar refractivity (Wildman–Crippen MR) is 59.2 cm³/mol. The van der Waals surface area contributed by atoms with Crippen LogP contribution in [0.4, 0.5) is 0 Å². The van der Waals surface area contributed by atoms with Gasteiger partial charge in [0, 0.05) is 11.0 Å². The van der Waals surface area contributed by atoms with Crippen LogP contribution in [-0.4, -0.2) is 26.9 Å². The molecule has 0 spiro atoms. The molecule has 82 valence electrons. The molecule has 2 N–H and O–H groups in total. The molecule has 1 aliphatic heterocycles. The van der Waals surface area contributed by atoms with Crippen LogP contribution >= 0.6 is 0 Å². The molecule has 0 aliphatic carbocycles. The molecular weight excluding hydrogens is 190 g/mol. The largest absolute Gasteiger partial charge is 0.496 e. The average Bonchev–Trinajstić information content (AvgIpc) is 2.23. The molecule has 0 amide bonds. The Hall–Kier alpha value is -1.06. The van der Waals surface area contributed by atoms with Crippen molar-refractivity contribution in [2.24, 2.45) is 5.73 Å². The van der Waals surface area contributed by atoms with Gasteiger partial charge in [0.05, 0.1) is 20.3 Å². The standard InChI is InChI=1S/C12H17NO2/c1-14-11-5-3-2-4-10(11)12(6-7-13)8-15-9-12/h2-5H,6-9,13H2,1H3. The molecular formula is C12H17NO2. The van der Waals surface area contributed by atoms with E-state index in [0.717, 1.165) is 25.4 Å². The Balaban J connectivity index is 2.33. The molecule has 0 unspecified atom stereocenters. The van der Waals surface area contributed by atoms with E-state index in [-0.39, 0.29) is 5.41 Å². The first-order valence-corrected chi connectivity index (χ1v) is 5.24. The van der Waals surface area contributed by atoms with E-state index in [9.17, 15) is 0 Å². The van der Waals surface area contributed by atoms with Crippen molar-refractivity contribution in [1.82, 2.24) is 0 Å². The third kappa shape index (κ3) is 1.73. The Morgan fingerprint density at radius 2 is 2.13 bits per heavy atom. The third-order valence-electron chi connectivity index (χ3n) is 3.06. The Kier molecular flexibility index (Phi) is 2.93. The SMILES string of the molecule is COc1ccccc1C1(CCN)COC1. The van der Waals surface area contributed by atoms with Gasteiger partial charge in [-0.3, -0.25) is 0 Å². The van der Waals surface area contributed by atoms with E-state index in [1.165, 1.54) is 5.56 Å². The quantitative estimate of drug-likeness (QED) is 0.809. The predicted octanol–water partition coefficient (Wildman–Crippen LogP) is 1.31. The van der Waals surface area contributed by atoms with Crippen LogP contribution in [0.3, 0.4) is 0 Å². The van der Waals surface area contributed by atoms with Crippen LogP contribution in [0, 0.1) is 0 Å². The molecule has 1 saturated heterocycles. The highest BCUT2D eigenvalue weighted by Gasteiger charge is 2.41. The summed E-state index contributed by atoms with van der Waals surface area (Å²) in [7, 11) is 1.70. The Morgan fingerprint density at radius 1 is 1.40 bits per heavy atom. The minimum Gasteiger partial charge on any atom is -0.496 e. The summed E-state index contributed by atoms with van der Waals surface area (Å²) in [4.78, 5) is 0. The maximum Gasteiger partial charge on any atom is 0.122 e. The maximum atomic E-state index is 5.66. The lowest BCUT2D eigenvalue weighted by Crippen LogP contribution is -2.48. The van der Waals surface area contributed by atoms with Crippen molar-refractivity contribution in [1.29, 1.82) is 0 Å². The van der Waals surface area contributed by atoms with Gasteiger partial charge in [0.2, 0.25) is 0 Å². The van der Waals surface area contributed by atoms with Gasteiger partial charge in [-0.2, -0.15) is 0 Å². The fraction of sp³-hybridized carbons (Fsp3) is 0.500. The fourth-order valence-corrected chi connectivity index (χ4v) is 2.14. The van der Waals surface area contributed by atoms with E-state index in [2.05, 4.69) is 6.07 Å². The van der Waals surface area contributed by atoms with Gasteiger partial charge in [-0.15, -0.1) is 0 Å². The van der Waals surface area contributed by atoms with Crippen LogP contribution in [0.15, 0.2) is 24.3 Å². The zero-order valence-corrected chi connectivity index (χ0v) is 9.03. The molecule has 0 radical (unpaired) electrons. The summed E-state index contributed by atoms with van der Waals surface area (Å²) >= 11 is 0. The van der Waals surface area contributed by atoms with Crippen LogP contribution in [0.2, 0.25) is 0 Å². The van der Waals surface area contributed by atoms with Gasteiger partial charge >= 0.3 is 0 Å². The average molecular weight is 207 g/mol. The summed E-state index contributed by atoms with van der Waals surface area (Å²) < 4.78 is 10.7. The fourth-order valence-electron chi connectivity index (χ4n) is 2.14. The molecule has 2 rings (SSSR count). The van der Waals surface area contributed by atoms with E-state index >= 15 is 0 Å². The first kappa shape index (κ1) is 10.5. The molecule has 0 saturated carbocycles. The van der Waals surface area contributed by atoms with E-state index in [0.29, 0.717) is 6.54 Å². The summed E-state index contributed by atoms with van der Waals surface area (Å²) in [5, 5.41) is 0. The van der Waals surface area contributed by atoms with Crippen molar-refractivity contribution in [3.8, 4) is 5.75 Å². The highest BCUT2D eigenvalue weighted by atomic mass is 16.5. The number of methoxy groups -OCH3 is 1. The molecule has 1 aromatic rings. The maximum absolute atomic E-state index is 5.66. The van der Waals surface area contributed by atoms with E-state index in [1.807, 2.05) is 18.2 Å². The summed E-state index contributed by atoms with van der Waals surface area (Å²) in [5.41, 5.74) is 6.97. The highest BCUT2D eigenvalue weighted by molar-refractivity contribution is 5.41. The van der Waals surface area contributed by atoms with Crippen molar-refractivity contribution in [3.63, 3.8) is 0 Å². The zero-order chi connectivity index (χ0) is 10.7. The van der Waals surface area contributed by atoms with E-state index < -0.39 is 0 Å². The number of ether oxygens (including phenoxy) is 2. The molecule has 1 aromatic carbocycles. The topological polar surface area (TPSA) is 44.5 Å². The Morgan fingerprint density at radius 3 is 2.67 bits per heavy atom. The van der Waals surface area contributed by atoms with Crippen LogP contribution in [-0.2, 0) is 10.2 Å². The Bertz CT molecular complexity index is 334. The van der Waals surface area contributed by atoms with Crippen molar-refractivity contribution >= 4 is 0 Å². The molecule has 15 heavy (non-hydrogen) atoms. The lowest BCUT2D eigenvalue weighted by Gasteiger charge is -2.42. The van der Waals surface area contributed by atoms with Crippen molar-refractivity contribution in [2.45, 2.75) is 11.8 Å². The van der Waals surface area contributed by atoms with E-state index in [1.54, 1.807) is 7.11 Å². The van der Waals surface area contributed by atoms with Crippen LogP contribution < -0.4 is 10.5 Å². The van der Waals surface area contributed by atoms with Crippen LogP contribution in [0.1, 0.15) is 12.0 Å². The molecule has 1 aliphatic rings. The second-order valence-electron chi connectivity index (χ2n) is 4.01. The minimum atomic E-state index is 0.0847. The van der Waals surface area contributed by atoms with Gasteiger partial charge in [0.25, 0.3) is 0 Å². The number of rotatable bonds is 4. The number of nitrogens with two attached hydrogens (primary N) is 1. The minimum absolute atomic E-state index is 0.0847. The molecule has 0 aromatic heterocycles. The number of para-hydroxylation sites is 1. The summed E-state index contributed by atoms with van der Waals surface area (Å²) in [6, 6.07) is 8.12. The lowest BCUT2D eigenvalue weighted by molar-refractivity contribution is -0.0640. The lowest BCUT2D eigenvalue weighted by atomic mass is 9.75. The van der Waals surface area contributed by atoms with Gasteiger partial charge in [0.15, 0.2) is 0 Å². The van der Waals surface area contributed by atoms with Crippen molar-refractivity contribution in [3.05, 3.63) is 29.8 Å². The first-order valence-electron chi connectivity index (χ1n) is 5.24. The molecule has 0 atom stereocenters. The first-order chi connectivity index (χ1) is 7.32. The van der Waals surface area contributed by atoms with Gasteiger partial charge < -0.3 is 15.2 Å². The highest BCUT2D eigenvalue weighted by Crippen LogP contribution is 2.40. The van der Waals surface area contributed by atoms with Gasteiger partial charge in [-0.1, -0.05) is 18.2 Å². The summed E-state index contributed by atoms with van der Waals surface area (Å²) in [6.07, 6.45) is 0.952. The second kappa shape index (κ2) is 4.21. The summed E-state index contributed by atoms with van der Waals surface area (Å²) in [6.45, 7) is 2.19. The van der Waals surface area contributed by atoms with Crippen LogP contribution in [0.25, 0.3) is 0 Å². The summed E-state index contributed by atoms with van der Waals surface area (Å²) in [5.74, 6) is 0.939. The molecule has 1 fully saturated rings. The number of hydrogen-bond acceptors (Lipinski definition) is 3.